The van der Waals surface area contributed by atoms with Crippen molar-refractivity contribution in [1.29, 1.82) is 0 Å². The van der Waals surface area contributed by atoms with E-state index < -0.39 is 42.6 Å². The predicted molar refractivity (Wildman–Crippen MR) is 221 cm³/mol. The molecule has 1 aliphatic rings. The molecule has 0 unspecified atom stereocenters. The number of fused-ring (bicyclic) bond motifs is 1. The summed E-state index contributed by atoms with van der Waals surface area (Å²) in [6.07, 6.45) is -0.396. The number of aliphatic hydroxyl groups is 2. The van der Waals surface area contributed by atoms with Crippen LogP contribution >= 0.6 is 23.2 Å². The van der Waals surface area contributed by atoms with Crippen LogP contribution in [0.15, 0.2) is 91.1 Å². The van der Waals surface area contributed by atoms with Gasteiger partial charge in [-0.3, -0.25) is 14.4 Å². The number of nitrogens with one attached hydrogen (secondary N) is 3. The van der Waals surface area contributed by atoms with E-state index in [0.29, 0.717) is 36.3 Å². The number of carbonyl (C=O) groups is 3. The molecule has 1 aliphatic carbocycles. The molecule has 0 bridgehead atoms. The lowest BCUT2D eigenvalue weighted by molar-refractivity contribution is -0.140. The first-order valence-corrected chi connectivity index (χ1v) is 19.6. The Balaban J connectivity index is 1.15. The summed E-state index contributed by atoms with van der Waals surface area (Å²) in [7, 11) is 0. The summed E-state index contributed by atoms with van der Waals surface area (Å²) in [4.78, 5) is 44.2. The summed E-state index contributed by atoms with van der Waals surface area (Å²) >= 11 is 13.7. The van der Waals surface area contributed by atoms with Gasteiger partial charge in [0.1, 0.15) is 23.6 Å². The van der Waals surface area contributed by atoms with E-state index >= 15 is 0 Å². The van der Waals surface area contributed by atoms with Gasteiger partial charge < -0.3 is 45.9 Å². The Morgan fingerprint density at radius 2 is 1.49 bits per heavy atom. The third-order valence-electron chi connectivity index (χ3n) is 9.50. The Labute approximate surface area is 350 Å². The van der Waals surface area contributed by atoms with E-state index in [-0.39, 0.29) is 60.0 Å². The zero-order valence-corrected chi connectivity index (χ0v) is 33.2. The molecule has 2 heterocycles. The fourth-order valence-electron chi connectivity index (χ4n) is 6.69. The van der Waals surface area contributed by atoms with Crippen LogP contribution in [0, 0.1) is 0 Å². The SMILES string of the molecule is O=C(O)C[C@H](O)CNCc1ccc(NC(=O)c2cccc(-c3cccc4c3CC[C@@H]4Oc3nc(OCc4ccccc4)c(CNC[C@@H](O)CC(=O)O)cc3Cl)c2Cl)nc1. The molecular formula is C43H43Cl2N5O9. The van der Waals surface area contributed by atoms with Gasteiger partial charge in [0, 0.05) is 43.5 Å². The lowest BCUT2D eigenvalue weighted by atomic mass is 9.95. The van der Waals surface area contributed by atoms with Gasteiger partial charge in [-0.2, -0.15) is 4.98 Å². The first-order chi connectivity index (χ1) is 28.4. The number of aliphatic hydroxyl groups excluding tert-OH is 2. The quantitative estimate of drug-likeness (QED) is 0.0466. The standard InChI is InChI=1S/C43H43Cl2N5O9/c44-35-16-27(21-47-23-29(52)18-39(55)56)42(58-24-25-6-2-1-3-7-25)50-43(35)59-36-14-13-31-30(8-4-9-32(31)36)33-10-5-11-34(40(33)45)41(57)49-37-15-12-26(20-48-37)19-46-22-28(51)17-38(53)54/h1-12,15-16,20,28-29,36,46-47,51-52H,13-14,17-19,21-24H2,(H,53,54)(H,55,56)(H,48,49,57)/t28-,29-,36-/m0/s1. The molecule has 7 N–H and O–H groups in total. The van der Waals surface area contributed by atoms with Crippen LogP contribution in [0.4, 0.5) is 5.82 Å². The largest absolute Gasteiger partial charge is 0.481 e. The van der Waals surface area contributed by atoms with Crippen molar-refractivity contribution in [3.05, 3.63) is 135 Å². The van der Waals surface area contributed by atoms with E-state index in [1.54, 1.807) is 36.5 Å². The number of hydrogen-bond acceptors (Lipinski definition) is 11. The summed E-state index contributed by atoms with van der Waals surface area (Å²) in [5.74, 6) is -1.86. The van der Waals surface area contributed by atoms with Gasteiger partial charge >= 0.3 is 11.9 Å². The minimum absolute atomic E-state index is 0.0383. The van der Waals surface area contributed by atoms with Crippen LogP contribution in [0.2, 0.25) is 10.0 Å². The number of halogens is 2. The lowest BCUT2D eigenvalue weighted by Crippen LogP contribution is -2.28. The normalized spacial score (nSPS) is 14.3. The van der Waals surface area contributed by atoms with Crippen molar-refractivity contribution in [2.75, 3.05) is 18.4 Å². The third-order valence-corrected chi connectivity index (χ3v) is 10.2. The van der Waals surface area contributed by atoms with Gasteiger partial charge in [0.25, 0.3) is 5.91 Å². The Morgan fingerprint density at radius 3 is 2.19 bits per heavy atom. The number of carboxylic acid groups (broad SMARTS) is 2. The van der Waals surface area contributed by atoms with Gasteiger partial charge in [0.05, 0.1) is 35.6 Å². The number of aromatic nitrogens is 2. The van der Waals surface area contributed by atoms with Crippen LogP contribution in [-0.4, -0.2) is 73.5 Å². The number of hydrogen-bond donors (Lipinski definition) is 7. The Morgan fingerprint density at radius 1 is 0.797 bits per heavy atom. The highest BCUT2D eigenvalue weighted by molar-refractivity contribution is 6.37. The number of aliphatic carboxylic acids is 2. The minimum atomic E-state index is -1.10. The van der Waals surface area contributed by atoms with Crippen LogP contribution in [0.3, 0.4) is 0 Å². The Hall–Kier alpha value is -5.61. The van der Waals surface area contributed by atoms with Crippen LogP contribution in [0.5, 0.6) is 11.8 Å². The first kappa shape index (κ1) is 43.0. The molecule has 1 amide bonds. The van der Waals surface area contributed by atoms with Gasteiger partial charge in [0.2, 0.25) is 11.8 Å². The molecule has 3 atom stereocenters. The van der Waals surface area contributed by atoms with E-state index in [1.807, 2.05) is 54.6 Å². The molecule has 16 heteroatoms. The molecule has 0 fully saturated rings. The number of nitrogens with zero attached hydrogens (tertiary/aromatic N) is 2. The van der Waals surface area contributed by atoms with Crippen LogP contribution < -0.4 is 25.4 Å². The second kappa shape index (κ2) is 20.4. The van der Waals surface area contributed by atoms with Crippen molar-refractivity contribution in [3.8, 4) is 22.9 Å². The first-order valence-electron chi connectivity index (χ1n) is 18.9. The number of pyridine rings is 2. The van der Waals surface area contributed by atoms with Crippen molar-refractivity contribution < 1.29 is 44.3 Å². The number of benzene rings is 3. The molecule has 308 valence electrons. The van der Waals surface area contributed by atoms with Crippen molar-refractivity contribution in [2.45, 2.75) is 63.7 Å². The van der Waals surface area contributed by atoms with Crippen LogP contribution in [0.1, 0.15) is 63.5 Å². The van der Waals surface area contributed by atoms with Gasteiger partial charge in [-0.15, -0.1) is 0 Å². The molecule has 3 aromatic carbocycles. The maximum atomic E-state index is 13.5. The monoisotopic (exact) mass is 843 g/mol. The summed E-state index contributed by atoms with van der Waals surface area (Å²) < 4.78 is 12.6. The van der Waals surface area contributed by atoms with E-state index in [2.05, 4.69) is 25.9 Å². The minimum Gasteiger partial charge on any atom is -0.481 e. The summed E-state index contributed by atoms with van der Waals surface area (Å²) in [6.45, 7) is 0.921. The fraction of sp³-hybridized carbons (Fsp3) is 0.279. The molecule has 6 rings (SSSR count). The second-order valence-electron chi connectivity index (χ2n) is 14.0. The molecule has 2 aromatic heterocycles. The van der Waals surface area contributed by atoms with Gasteiger partial charge in [-0.1, -0.05) is 89.9 Å². The highest BCUT2D eigenvalue weighted by atomic mass is 35.5. The van der Waals surface area contributed by atoms with Crippen LogP contribution in [0.25, 0.3) is 11.1 Å². The van der Waals surface area contributed by atoms with Gasteiger partial charge in [-0.05, 0) is 58.9 Å². The highest BCUT2D eigenvalue weighted by Crippen LogP contribution is 2.43. The van der Waals surface area contributed by atoms with Crippen molar-refractivity contribution in [1.82, 2.24) is 20.6 Å². The van der Waals surface area contributed by atoms with E-state index in [4.69, 9.17) is 42.9 Å². The molecule has 5 aromatic rings. The number of rotatable bonds is 20. The maximum Gasteiger partial charge on any atom is 0.306 e. The van der Waals surface area contributed by atoms with E-state index in [1.165, 1.54) is 0 Å². The number of anilines is 1. The van der Waals surface area contributed by atoms with Crippen molar-refractivity contribution in [2.24, 2.45) is 0 Å². The highest BCUT2D eigenvalue weighted by Gasteiger charge is 2.29. The van der Waals surface area contributed by atoms with Crippen LogP contribution in [-0.2, 0) is 35.7 Å². The molecule has 0 aliphatic heterocycles. The maximum absolute atomic E-state index is 13.5. The molecule has 14 nitrogen and oxygen atoms in total. The van der Waals surface area contributed by atoms with E-state index in [9.17, 15) is 24.6 Å². The molecule has 59 heavy (non-hydrogen) atoms. The number of carboxylic acids is 2. The number of carbonyl (C=O) groups excluding carboxylic acids is 1. The lowest BCUT2D eigenvalue weighted by Gasteiger charge is -2.19. The van der Waals surface area contributed by atoms with Crippen molar-refractivity contribution >= 4 is 46.9 Å². The topological polar surface area (TPSA) is 212 Å². The molecular weight excluding hydrogens is 801 g/mol. The van der Waals surface area contributed by atoms with Gasteiger partial charge in [-0.25, -0.2) is 4.98 Å². The van der Waals surface area contributed by atoms with E-state index in [0.717, 1.165) is 27.8 Å². The summed E-state index contributed by atoms with van der Waals surface area (Å²) in [5.41, 5.74) is 6.02. The second-order valence-corrected chi connectivity index (χ2v) is 14.8. The smallest absolute Gasteiger partial charge is 0.306 e. The molecule has 0 radical (unpaired) electrons. The average molecular weight is 845 g/mol. The molecule has 0 spiro atoms. The van der Waals surface area contributed by atoms with Gasteiger partial charge in [0.15, 0.2) is 0 Å². The fourth-order valence-corrected chi connectivity index (χ4v) is 7.22. The zero-order chi connectivity index (χ0) is 41.9. The van der Waals surface area contributed by atoms with Crippen molar-refractivity contribution in [3.63, 3.8) is 0 Å². The third kappa shape index (κ3) is 11.8. The average Bonchev–Trinajstić information content (AvgIpc) is 3.61. The summed E-state index contributed by atoms with van der Waals surface area (Å²) in [5, 5.41) is 46.9. The number of ether oxygens (including phenoxy) is 2. The zero-order valence-electron chi connectivity index (χ0n) is 31.7. The Kier molecular flexibility index (Phi) is 14.8. The predicted octanol–water partition coefficient (Wildman–Crippen LogP) is 6.20. The number of amides is 1. The molecule has 0 saturated heterocycles. The summed E-state index contributed by atoms with van der Waals surface area (Å²) in [6, 6.07) is 25.8. The Bertz CT molecular complexity index is 2260. The molecule has 0 saturated carbocycles.